The summed E-state index contributed by atoms with van der Waals surface area (Å²) in [5.41, 5.74) is 2.31. The van der Waals surface area contributed by atoms with E-state index in [1.54, 1.807) is 6.20 Å². The van der Waals surface area contributed by atoms with Crippen LogP contribution in [0.5, 0.6) is 0 Å². The van der Waals surface area contributed by atoms with Gasteiger partial charge >= 0.3 is 0 Å². The number of hydrogen-bond acceptors (Lipinski definition) is 2. The molecule has 0 saturated heterocycles. The number of aromatic nitrogens is 1. The zero-order valence-corrected chi connectivity index (χ0v) is 11.9. The fraction of sp³-hybridized carbons (Fsp3) is 0.0625. The van der Waals surface area contributed by atoms with Crippen molar-refractivity contribution in [2.75, 3.05) is 5.32 Å². The highest BCUT2D eigenvalue weighted by Gasteiger charge is 2.00. The molecule has 0 aliphatic heterocycles. The third kappa shape index (κ3) is 2.76. The van der Waals surface area contributed by atoms with Gasteiger partial charge in [0.1, 0.15) is 0 Å². The van der Waals surface area contributed by atoms with Gasteiger partial charge in [0.15, 0.2) is 0 Å². The highest BCUT2D eigenvalue weighted by molar-refractivity contribution is 9.10. The second-order valence-electron chi connectivity index (χ2n) is 4.38. The van der Waals surface area contributed by atoms with Crippen molar-refractivity contribution in [2.24, 2.45) is 0 Å². The SMILES string of the molecule is Brc1cncc(NCc2cccc3ccccc23)c1. The molecule has 3 aromatic rings. The minimum atomic E-state index is 0.791. The molecule has 94 valence electrons. The summed E-state index contributed by atoms with van der Waals surface area (Å²) in [6, 6.07) is 16.9. The number of anilines is 1. The third-order valence-electron chi connectivity index (χ3n) is 3.07. The molecular formula is C16H13BrN2. The summed E-state index contributed by atoms with van der Waals surface area (Å²) in [4.78, 5) is 4.15. The first-order valence-corrected chi connectivity index (χ1v) is 6.93. The van der Waals surface area contributed by atoms with E-state index in [1.807, 2.05) is 12.3 Å². The first-order chi connectivity index (χ1) is 9.33. The normalized spacial score (nSPS) is 10.6. The van der Waals surface area contributed by atoms with E-state index in [2.05, 4.69) is 68.7 Å². The van der Waals surface area contributed by atoms with Crippen LogP contribution in [0.1, 0.15) is 5.56 Å². The second kappa shape index (κ2) is 5.41. The molecule has 1 N–H and O–H groups in total. The van der Waals surface area contributed by atoms with E-state index in [9.17, 15) is 0 Å². The molecule has 0 aliphatic rings. The molecule has 2 aromatic carbocycles. The molecule has 0 fully saturated rings. The Morgan fingerprint density at radius 1 is 1.00 bits per heavy atom. The molecule has 0 spiro atoms. The minimum absolute atomic E-state index is 0.791. The molecule has 0 unspecified atom stereocenters. The van der Waals surface area contributed by atoms with Crippen LogP contribution in [0.4, 0.5) is 5.69 Å². The summed E-state index contributed by atoms with van der Waals surface area (Å²) in [5, 5.41) is 5.97. The quantitative estimate of drug-likeness (QED) is 0.764. The van der Waals surface area contributed by atoms with Gasteiger partial charge < -0.3 is 5.32 Å². The Morgan fingerprint density at radius 2 is 1.84 bits per heavy atom. The van der Waals surface area contributed by atoms with Gasteiger partial charge in [0.25, 0.3) is 0 Å². The number of halogens is 1. The number of rotatable bonds is 3. The van der Waals surface area contributed by atoms with Crippen LogP contribution in [0.2, 0.25) is 0 Å². The minimum Gasteiger partial charge on any atom is -0.380 e. The van der Waals surface area contributed by atoms with Crippen LogP contribution in [0.15, 0.2) is 65.4 Å². The van der Waals surface area contributed by atoms with Gasteiger partial charge in [0, 0.05) is 17.2 Å². The van der Waals surface area contributed by atoms with Crippen molar-refractivity contribution in [1.82, 2.24) is 4.98 Å². The number of fused-ring (bicyclic) bond motifs is 1. The molecule has 0 atom stereocenters. The zero-order chi connectivity index (χ0) is 13.1. The van der Waals surface area contributed by atoms with Gasteiger partial charge in [-0.1, -0.05) is 42.5 Å². The molecule has 0 radical (unpaired) electrons. The van der Waals surface area contributed by atoms with Crippen molar-refractivity contribution in [1.29, 1.82) is 0 Å². The van der Waals surface area contributed by atoms with Gasteiger partial charge in [-0.2, -0.15) is 0 Å². The Kier molecular flexibility index (Phi) is 3.47. The van der Waals surface area contributed by atoms with Crippen LogP contribution in [0.25, 0.3) is 10.8 Å². The van der Waals surface area contributed by atoms with E-state index < -0.39 is 0 Å². The third-order valence-corrected chi connectivity index (χ3v) is 3.50. The Balaban J connectivity index is 1.86. The Bertz CT molecular complexity index is 704. The van der Waals surface area contributed by atoms with Crippen molar-refractivity contribution in [2.45, 2.75) is 6.54 Å². The van der Waals surface area contributed by atoms with Crippen LogP contribution < -0.4 is 5.32 Å². The standard InChI is InChI=1S/C16H13BrN2/c17-14-8-15(11-18-10-14)19-9-13-6-3-5-12-4-1-2-7-16(12)13/h1-8,10-11,19H,9H2. The lowest BCUT2D eigenvalue weighted by molar-refractivity contribution is 1.15. The van der Waals surface area contributed by atoms with Crippen LogP contribution in [0.3, 0.4) is 0 Å². The van der Waals surface area contributed by atoms with Gasteiger partial charge in [-0.15, -0.1) is 0 Å². The summed E-state index contributed by atoms with van der Waals surface area (Å²) >= 11 is 3.43. The average Bonchev–Trinajstić information content (AvgIpc) is 2.45. The lowest BCUT2D eigenvalue weighted by Gasteiger charge is -2.09. The lowest BCUT2D eigenvalue weighted by atomic mass is 10.0. The van der Waals surface area contributed by atoms with Gasteiger partial charge in [-0.3, -0.25) is 4.98 Å². The summed E-state index contributed by atoms with van der Waals surface area (Å²) in [6.07, 6.45) is 3.61. The topological polar surface area (TPSA) is 24.9 Å². The summed E-state index contributed by atoms with van der Waals surface area (Å²) in [7, 11) is 0. The number of benzene rings is 2. The van der Waals surface area contributed by atoms with Gasteiger partial charge in [-0.05, 0) is 38.3 Å². The van der Waals surface area contributed by atoms with E-state index in [4.69, 9.17) is 0 Å². The maximum absolute atomic E-state index is 4.15. The highest BCUT2D eigenvalue weighted by Crippen LogP contribution is 2.20. The highest BCUT2D eigenvalue weighted by atomic mass is 79.9. The number of pyridine rings is 1. The summed E-state index contributed by atoms with van der Waals surface area (Å²) in [6.45, 7) is 0.791. The summed E-state index contributed by atoms with van der Waals surface area (Å²) < 4.78 is 0.982. The predicted molar refractivity (Wildman–Crippen MR) is 83.2 cm³/mol. The predicted octanol–water partition coefficient (Wildman–Crippen LogP) is 4.61. The number of hydrogen-bond donors (Lipinski definition) is 1. The van der Waals surface area contributed by atoms with Crippen LogP contribution in [-0.4, -0.2) is 4.98 Å². The molecule has 3 rings (SSSR count). The van der Waals surface area contributed by atoms with E-state index in [0.29, 0.717) is 0 Å². The van der Waals surface area contributed by atoms with Crippen LogP contribution >= 0.6 is 15.9 Å². The maximum Gasteiger partial charge on any atom is 0.0540 e. The largest absolute Gasteiger partial charge is 0.380 e. The molecule has 0 saturated carbocycles. The van der Waals surface area contributed by atoms with Gasteiger partial charge in [0.2, 0.25) is 0 Å². The van der Waals surface area contributed by atoms with Crippen molar-refractivity contribution in [3.05, 3.63) is 71.0 Å². The molecular weight excluding hydrogens is 300 g/mol. The lowest BCUT2D eigenvalue weighted by Crippen LogP contribution is -2.00. The fourth-order valence-electron chi connectivity index (χ4n) is 2.15. The molecule has 2 nitrogen and oxygen atoms in total. The average molecular weight is 313 g/mol. The fourth-order valence-corrected chi connectivity index (χ4v) is 2.52. The monoisotopic (exact) mass is 312 g/mol. The molecule has 0 aliphatic carbocycles. The van der Waals surface area contributed by atoms with E-state index in [0.717, 1.165) is 16.7 Å². The van der Waals surface area contributed by atoms with E-state index in [-0.39, 0.29) is 0 Å². The molecule has 19 heavy (non-hydrogen) atoms. The molecule has 1 aromatic heterocycles. The van der Waals surface area contributed by atoms with E-state index >= 15 is 0 Å². The first-order valence-electron chi connectivity index (χ1n) is 6.14. The first kappa shape index (κ1) is 12.2. The molecule has 3 heteroatoms. The van der Waals surface area contributed by atoms with Gasteiger partial charge in [0.05, 0.1) is 11.9 Å². The van der Waals surface area contributed by atoms with Crippen molar-refractivity contribution in [3.8, 4) is 0 Å². The van der Waals surface area contributed by atoms with Crippen molar-refractivity contribution in [3.63, 3.8) is 0 Å². The van der Waals surface area contributed by atoms with Crippen LogP contribution in [-0.2, 0) is 6.54 Å². The summed E-state index contributed by atoms with van der Waals surface area (Å²) in [5.74, 6) is 0. The zero-order valence-electron chi connectivity index (χ0n) is 10.3. The maximum atomic E-state index is 4.15. The number of nitrogens with one attached hydrogen (secondary N) is 1. The Labute approximate surface area is 120 Å². The second-order valence-corrected chi connectivity index (χ2v) is 5.30. The molecule has 1 heterocycles. The van der Waals surface area contributed by atoms with E-state index in [1.165, 1.54) is 16.3 Å². The Morgan fingerprint density at radius 3 is 2.74 bits per heavy atom. The molecule has 0 bridgehead atoms. The van der Waals surface area contributed by atoms with Crippen molar-refractivity contribution >= 4 is 32.4 Å². The van der Waals surface area contributed by atoms with Gasteiger partial charge in [-0.25, -0.2) is 0 Å². The number of nitrogens with zero attached hydrogens (tertiary/aromatic N) is 1. The smallest absolute Gasteiger partial charge is 0.0540 e. The Hall–Kier alpha value is -1.87. The molecule has 0 amide bonds. The van der Waals surface area contributed by atoms with Crippen molar-refractivity contribution < 1.29 is 0 Å². The van der Waals surface area contributed by atoms with Crippen LogP contribution in [0, 0.1) is 0 Å².